The zero-order valence-electron chi connectivity index (χ0n) is 21.0. The molecular formula is C28H43N3O2. The van der Waals surface area contributed by atoms with Crippen LogP contribution in [0.5, 0.6) is 0 Å². The van der Waals surface area contributed by atoms with Gasteiger partial charge in [0.1, 0.15) is 12.6 Å². The molecule has 182 valence electrons. The minimum atomic E-state index is -0.577. The number of benzene rings is 1. The van der Waals surface area contributed by atoms with Gasteiger partial charge in [-0.05, 0) is 86.9 Å². The fraction of sp³-hybridized carbons (Fsp3) is 0.679. The van der Waals surface area contributed by atoms with Crippen molar-refractivity contribution in [2.45, 2.75) is 90.8 Å². The molecule has 0 amide bonds. The van der Waals surface area contributed by atoms with Crippen molar-refractivity contribution >= 4 is 16.9 Å². The summed E-state index contributed by atoms with van der Waals surface area (Å²) >= 11 is 0. The van der Waals surface area contributed by atoms with E-state index in [4.69, 9.17) is 10.5 Å². The van der Waals surface area contributed by atoms with Crippen LogP contribution in [0.25, 0.3) is 10.9 Å². The van der Waals surface area contributed by atoms with Crippen molar-refractivity contribution in [2.24, 2.45) is 23.5 Å². The Morgan fingerprint density at radius 3 is 2.36 bits per heavy atom. The minimum absolute atomic E-state index is 0.0681. The summed E-state index contributed by atoms with van der Waals surface area (Å²) in [7, 11) is 0. The van der Waals surface area contributed by atoms with E-state index in [1.165, 1.54) is 47.8 Å². The second-order valence-electron chi connectivity index (χ2n) is 11.0. The van der Waals surface area contributed by atoms with Gasteiger partial charge in [0.25, 0.3) is 0 Å². The molecule has 33 heavy (non-hydrogen) atoms. The fourth-order valence-corrected chi connectivity index (χ4v) is 6.01. The molecule has 5 nitrogen and oxygen atoms in total. The van der Waals surface area contributed by atoms with Crippen LogP contribution in [0.4, 0.5) is 0 Å². The predicted molar refractivity (Wildman–Crippen MR) is 135 cm³/mol. The zero-order chi connectivity index (χ0) is 23.5. The summed E-state index contributed by atoms with van der Waals surface area (Å²) < 4.78 is 8.46. The number of nitrogens with one attached hydrogen (secondary N) is 1. The Balaban J connectivity index is 1.73. The highest BCUT2D eigenvalue weighted by Gasteiger charge is 2.32. The Labute approximate surface area is 199 Å². The normalized spacial score (nSPS) is 23.4. The standard InChI is InChI=1S/C28H43N3O2/c1-18(2)20-9-11-22(12-10-20)31-24-8-6-5-7-23(24)26(21-13-15-30-16-14-21)25(31)17-33-28(32)27(29)19(3)4/h5-8,18-22,27,30H,9-17,29H2,1-4H3/t20-,22+,27-/m0/s1. The average Bonchev–Trinajstić information content (AvgIpc) is 3.16. The highest BCUT2D eigenvalue weighted by atomic mass is 16.5. The van der Waals surface area contributed by atoms with Gasteiger partial charge in [-0.2, -0.15) is 0 Å². The number of ether oxygens (including phenoxy) is 1. The molecule has 2 fully saturated rings. The lowest BCUT2D eigenvalue weighted by molar-refractivity contribution is -0.147. The van der Waals surface area contributed by atoms with Crippen molar-refractivity contribution in [2.75, 3.05) is 13.1 Å². The molecule has 2 aromatic rings. The van der Waals surface area contributed by atoms with Gasteiger partial charge >= 0.3 is 5.97 Å². The van der Waals surface area contributed by atoms with Gasteiger partial charge in [-0.15, -0.1) is 0 Å². The maximum atomic E-state index is 12.7. The lowest BCUT2D eigenvalue weighted by Crippen LogP contribution is -2.37. The highest BCUT2D eigenvalue weighted by molar-refractivity contribution is 5.86. The van der Waals surface area contributed by atoms with Gasteiger partial charge in [-0.1, -0.05) is 45.9 Å². The fourth-order valence-electron chi connectivity index (χ4n) is 6.01. The summed E-state index contributed by atoms with van der Waals surface area (Å²) in [5.74, 6) is 1.84. The van der Waals surface area contributed by atoms with E-state index in [9.17, 15) is 4.79 Å². The molecule has 1 aromatic heterocycles. The van der Waals surface area contributed by atoms with Crippen LogP contribution in [0.1, 0.15) is 89.4 Å². The van der Waals surface area contributed by atoms with Crippen LogP contribution in [-0.2, 0) is 16.1 Å². The number of esters is 1. The summed E-state index contributed by atoms with van der Waals surface area (Å²) in [6.45, 7) is 11.1. The first-order valence-electron chi connectivity index (χ1n) is 13.1. The molecule has 5 heteroatoms. The summed E-state index contributed by atoms with van der Waals surface area (Å²) in [6.07, 6.45) is 7.18. The van der Waals surface area contributed by atoms with Crippen LogP contribution in [-0.4, -0.2) is 29.7 Å². The van der Waals surface area contributed by atoms with E-state index in [0.717, 1.165) is 37.8 Å². The van der Waals surface area contributed by atoms with Crippen LogP contribution in [0.15, 0.2) is 24.3 Å². The molecule has 1 saturated carbocycles. The molecule has 1 saturated heterocycles. The number of hydrogen-bond donors (Lipinski definition) is 2. The van der Waals surface area contributed by atoms with Gasteiger partial charge in [-0.25, -0.2) is 0 Å². The van der Waals surface area contributed by atoms with Crippen molar-refractivity contribution in [1.29, 1.82) is 0 Å². The maximum absolute atomic E-state index is 12.7. The number of nitrogens with zero attached hydrogens (tertiary/aromatic N) is 1. The molecule has 0 unspecified atom stereocenters. The van der Waals surface area contributed by atoms with Gasteiger partial charge in [-0.3, -0.25) is 4.79 Å². The number of carbonyl (C=O) groups excluding carboxylic acids is 1. The molecule has 1 aromatic carbocycles. The molecule has 1 atom stereocenters. The molecule has 2 aliphatic rings. The Kier molecular flexibility index (Phi) is 7.80. The lowest BCUT2D eigenvalue weighted by Gasteiger charge is -2.33. The van der Waals surface area contributed by atoms with Crippen LogP contribution in [0.3, 0.4) is 0 Å². The molecule has 0 bridgehead atoms. The Morgan fingerprint density at radius 2 is 1.73 bits per heavy atom. The second-order valence-corrected chi connectivity index (χ2v) is 11.0. The van der Waals surface area contributed by atoms with Gasteiger partial charge in [0, 0.05) is 16.9 Å². The topological polar surface area (TPSA) is 69.3 Å². The predicted octanol–water partition coefficient (Wildman–Crippen LogP) is 5.52. The molecule has 1 aliphatic carbocycles. The average molecular weight is 454 g/mol. The van der Waals surface area contributed by atoms with E-state index < -0.39 is 6.04 Å². The van der Waals surface area contributed by atoms with Gasteiger partial charge < -0.3 is 20.4 Å². The zero-order valence-corrected chi connectivity index (χ0v) is 21.0. The molecular weight excluding hydrogens is 410 g/mol. The maximum Gasteiger partial charge on any atom is 0.323 e. The summed E-state index contributed by atoms with van der Waals surface area (Å²) in [4.78, 5) is 12.7. The van der Waals surface area contributed by atoms with E-state index in [1.807, 2.05) is 13.8 Å². The van der Waals surface area contributed by atoms with E-state index in [1.54, 1.807) is 0 Å². The monoisotopic (exact) mass is 453 g/mol. The number of hydrogen-bond acceptors (Lipinski definition) is 4. The van der Waals surface area contributed by atoms with E-state index in [2.05, 4.69) is 48.0 Å². The van der Waals surface area contributed by atoms with Crippen LogP contribution < -0.4 is 11.1 Å². The molecule has 0 spiro atoms. The lowest BCUT2D eigenvalue weighted by atomic mass is 9.79. The molecule has 4 rings (SSSR count). The number of nitrogens with two attached hydrogens (primary N) is 1. The van der Waals surface area contributed by atoms with E-state index >= 15 is 0 Å². The van der Waals surface area contributed by atoms with Gasteiger partial charge in [0.05, 0.1) is 5.69 Å². The smallest absolute Gasteiger partial charge is 0.323 e. The number of rotatable bonds is 7. The van der Waals surface area contributed by atoms with Crippen LogP contribution >= 0.6 is 0 Å². The molecule has 2 heterocycles. The molecule has 1 aliphatic heterocycles. The van der Waals surface area contributed by atoms with E-state index in [0.29, 0.717) is 18.6 Å². The quantitative estimate of drug-likeness (QED) is 0.542. The largest absolute Gasteiger partial charge is 0.458 e. The van der Waals surface area contributed by atoms with Crippen molar-refractivity contribution in [3.63, 3.8) is 0 Å². The Bertz CT molecular complexity index is 934. The Morgan fingerprint density at radius 1 is 1.06 bits per heavy atom. The third-order valence-corrected chi connectivity index (χ3v) is 8.19. The minimum Gasteiger partial charge on any atom is -0.458 e. The number of para-hydroxylation sites is 1. The van der Waals surface area contributed by atoms with Crippen LogP contribution in [0, 0.1) is 17.8 Å². The Hall–Kier alpha value is -1.85. The number of carbonyl (C=O) groups is 1. The van der Waals surface area contributed by atoms with Crippen molar-refractivity contribution in [3.05, 3.63) is 35.5 Å². The van der Waals surface area contributed by atoms with Crippen molar-refractivity contribution in [1.82, 2.24) is 9.88 Å². The first-order chi connectivity index (χ1) is 15.9. The molecule has 0 radical (unpaired) electrons. The first-order valence-corrected chi connectivity index (χ1v) is 13.1. The number of piperidine rings is 1. The van der Waals surface area contributed by atoms with Gasteiger partial charge in [0.2, 0.25) is 0 Å². The number of aromatic nitrogens is 1. The van der Waals surface area contributed by atoms with Gasteiger partial charge in [0.15, 0.2) is 0 Å². The summed E-state index contributed by atoms with van der Waals surface area (Å²) in [5, 5.41) is 4.85. The van der Waals surface area contributed by atoms with Crippen LogP contribution in [0.2, 0.25) is 0 Å². The first kappa shape index (κ1) is 24.3. The second kappa shape index (κ2) is 10.6. The third kappa shape index (κ3) is 5.14. The summed E-state index contributed by atoms with van der Waals surface area (Å²) in [5.41, 5.74) is 10.0. The highest BCUT2D eigenvalue weighted by Crippen LogP contribution is 2.43. The molecule has 3 N–H and O–H groups in total. The SMILES string of the molecule is CC(C)[C@H](N)C(=O)OCc1c(C2CCNCC2)c2ccccc2n1[C@H]1CC[C@@H](C(C)C)CC1. The van der Waals surface area contributed by atoms with Crippen molar-refractivity contribution in [3.8, 4) is 0 Å². The van der Waals surface area contributed by atoms with E-state index in [-0.39, 0.29) is 11.9 Å². The summed E-state index contributed by atoms with van der Waals surface area (Å²) in [6, 6.07) is 8.72. The number of fused-ring (bicyclic) bond motifs is 1. The van der Waals surface area contributed by atoms with Crippen molar-refractivity contribution < 1.29 is 9.53 Å². The third-order valence-electron chi connectivity index (χ3n) is 8.19.